The van der Waals surface area contributed by atoms with Gasteiger partial charge in [0.25, 0.3) is 6.43 Å². The number of benzene rings is 1. The molecular formula is C28H27F5N6O3S. The van der Waals surface area contributed by atoms with Crippen molar-refractivity contribution in [3.8, 4) is 0 Å². The lowest BCUT2D eigenvalue weighted by molar-refractivity contribution is -0.141. The highest BCUT2D eigenvalue weighted by Crippen LogP contribution is 2.43. The van der Waals surface area contributed by atoms with Crippen molar-refractivity contribution < 1.29 is 35.1 Å². The number of rotatable bonds is 8. The van der Waals surface area contributed by atoms with Crippen LogP contribution in [0, 0.1) is 0 Å². The molecule has 0 radical (unpaired) electrons. The lowest BCUT2D eigenvalue weighted by atomic mass is 10.1. The standard InChI is InChI=1S/C28H27F5N6O3S/c1-43(40,41)19-13-16(15-8-9-15)10-11-17(19)34-18-14-22(36-21-6-4-5-20(35-21)28(31,32)33)37-26-24(18)38-27(25(29)30)39(26)23-7-2-3-12-42-23/h4-6,10-11,13-15,23,25H,2-3,7-9,12H2,1H3,(H2,34,35,36,37). The van der Waals surface area contributed by atoms with E-state index in [-0.39, 0.29) is 45.0 Å². The number of aromatic nitrogens is 4. The van der Waals surface area contributed by atoms with Crippen molar-refractivity contribution in [2.45, 2.75) is 61.7 Å². The monoisotopic (exact) mass is 622 g/mol. The highest BCUT2D eigenvalue weighted by atomic mass is 32.2. The molecule has 4 heterocycles. The van der Waals surface area contributed by atoms with Crippen molar-refractivity contribution >= 4 is 44.0 Å². The molecule has 0 amide bonds. The van der Waals surface area contributed by atoms with Gasteiger partial charge < -0.3 is 15.4 Å². The maximum atomic E-state index is 14.3. The molecule has 1 aliphatic carbocycles. The largest absolute Gasteiger partial charge is 0.433 e. The Morgan fingerprint density at radius 2 is 1.74 bits per heavy atom. The van der Waals surface area contributed by atoms with E-state index in [0.717, 1.165) is 43.6 Å². The Labute approximate surface area is 243 Å². The number of nitrogens with zero attached hydrogens (tertiary/aromatic N) is 4. The molecule has 228 valence electrons. The summed E-state index contributed by atoms with van der Waals surface area (Å²) in [5.41, 5.74) is 0.0354. The van der Waals surface area contributed by atoms with Gasteiger partial charge in [0.05, 0.1) is 16.3 Å². The zero-order valence-corrected chi connectivity index (χ0v) is 23.6. The summed E-state index contributed by atoms with van der Waals surface area (Å²) in [4.78, 5) is 12.3. The number of hydrogen-bond donors (Lipinski definition) is 2. The zero-order valence-electron chi connectivity index (χ0n) is 22.8. The fraction of sp³-hybridized carbons (Fsp3) is 0.393. The second-order valence-corrected chi connectivity index (χ2v) is 12.6. The summed E-state index contributed by atoms with van der Waals surface area (Å²) in [6.45, 7) is 0.343. The number of hydrogen-bond acceptors (Lipinski definition) is 8. The van der Waals surface area contributed by atoms with Gasteiger partial charge in [-0.15, -0.1) is 0 Å². The van der Waals surface area contributed by atoms with E-state index in [0.29, 0.717) is 13.0 Å². The van der Waals surface area contributed by atoms with E-state index in [1.54, 1.807) is 18.2 Å². The van der Waals surface area contributed by atoms with Gasteiger partial charge in [-0.05, 0) is 67.9 Å². The second kappa shape index (κ2) is 11.0. The molecule has 9 nitrogen and oxygen atoms in total. The minimum absolute atomic E-state index is 0.0118. The van der Waals surface area contributed by atoms with Gasteiger partial charge in [-0.2, -0.15) is 13.2 Å². The first kappa shape index (κ1) is 29.2. The van der Waals surface area contributed by atoms with Gasteiger partial charge in [0.2, 0.25) is 0 Å². The summed E-state index contributed by atoms with van der Waals surface area (Å²) >= 11 is 0. The van der Waals surface area contributed by atoms with E-state index in [1.165, 1.54) is 22.8 Å². The third-order valence-electron chi connectivity index (χ3n) is 7.33. The molecule has 15 heteroatoms. The van der Waals surface area contributed by atoms with Crippen LogP contribution in [0.3, 0.4) is 0 Å². The van der Waals surface area contributed by atoms with Crippen LogP contribution in [0.4, 0.5) is 45.0 Å². The van der Waals surface area contributed by atoms with Crippen LogP contribution in [0.25, 0.3) is 11.2 Å². The number of pyridine rings is 2. The minimum Gasteiger partial charge on any atom is -0.358 e. The van der Waals surface area contributed by atoms with Crippen molar-refractivity contribution in [2.75, 3.05) is 23.5 Å². The van der Waals surface area contributed by atoms with Crippen LogP contribution in [-0.2, 0) is 20.8 Å². The van der Waals surface area contributed by atoms with Crippen LogP contribution in [0.5, 0.6) is 0 Å². The molecule has 1 saturated carbocycles. The second-order valence-electron chi connectivity index (χ2n) is 10.6. The van der Waals surface area contributed by atoms with Gasteiger partial charge >= 0.3 is 6.18 Å². The Morgan fingerprint density at radius 3 is 2.40 bits per heavy atom. The topological polar surface area (TPSA) is 111 Å². The quantitative estimate of drug-likeness (QED) is 0.198. The van der Waals surface area contributed by atoms with E-state index >= 15 is 0 Å². The first-order chi connectivity index (χ1) is 20.4. The number of imidazole rings is 1. The van der Waals surface area contributed by atoms with E-state index in [4.69, 9.17) is 4.74 Å². The molecule has 0 spiro atoms. The molecular weight excluding hydrogens is 595 g/mol. The van der Waals surface area contributed by atoms with E-state index in [9.17, 15) is 30.4 Å². The number of ether oxygens (including phenoxy) is 1. The van der Waals surface area contributed by atoms with Gasteiger partial charge in [-0.3, -0.25) is 4.57 Å². The Bertz CT molecular complexity index is 1780. The molecule has 1 saturated heterocycles. The van der Waals surface area contributed by atoms with Crippen molar-refractivity contribution in [3.63, 3.8) is 0 Å². The molecule has 2 aliphatic rings. The fourth-order valence-electron chi connectivity index (χ4n) is 5.16. The number of anilines is 4. The van der Waals surface area contributed by atoms with E-state index in [2.05, 4.69) is 25.6 Å². The molecule has 43 heavy (non-hydrogen) atoms. The molecule has 2 N–H and O–H groups in total. The van der Waals surface area contributed by atoms with E-state index in [1.807, 2.05) is 0 Å². The van der Waals surface area contributed by atoms with Crippen molar-refractivity contribution in [3.05, 3.63) is 59.5 Å². The Balaban J connectivity index is 1.51. The van der Waals surface area contributed by atoms with Crippen LogP contribution in [0.15, 0.2) is 47.4 Å². The Morgan fingerprint density at radius 1 is 0.953 bits per heavy atom. The fourth-order valence-corrected chi connectivity index (χ4v) is 6.03. The number of alkyl halides is 5. The summed E-state index contributed by atoms with van der Waals surface area (Å²) in [6.07, 6.45) is -3.62. The van der Waals surface area contributed by atoms with Crippen LogP contribution in [0.2, 0.25) is 0 Å². The highest BCUT2D eigenvalue weighted by molar-refractivity contribution is 7.90. The van der Waals surface area contributed by atoms with Gasteiger partial charge in [-0.1, -0.05) is 12.1 Å². The molecule has 3 aromatic heterocycles. The van der Waals surface area contributed by atoms with Gasteiger partial charge in [-0.25, -0.2) is 32.2 Å². The van der Waals surface area contributed by atoms with Crippen molar-refractivity contribution in [2.24, 2.45) is 0 Å². The van der Waals surface area contributed by atoms with E-state index < -0.39 is 40.2 Å². The molecule has 4 aromatic rings. The lowest BCUT2D eigenvalue weighted by Gasteiger charge is -2.25. The number of nitrogens with one attached hydrogen (secondary N) is 2. The number of halogens is 5. The van der Waals surface area contributed by atoms with Crippen molar-refractivity contribution in [1.82, 2.24) is 19.5 Å². The maximum absolute atomic E-state index is 14.3. The molecule has 1 atom stereocenters. The van der Waals surface area contributed by atoms with Gasteiger partial charge in [0.15, 0.2) is 21.3 Å². The summed E-state index contributed by atoms with van der Waals surface area (Å²) in [6, 6.07) is 9.66. The average Bonchev–Trinajstić information content (AvgIpc) is 3.72. The Kier molecular flexibility index (Phi) is 7.49. The smallest absolute Gasteiger partial charge is 0.358 e. The minimum atomic E-state index is -4.69. The zero-order chi connectivity index (χ0) is 30.5. The van der Waals surface area contributed by atoms with Gasteiger partial charge in [0, 0.05) is 18.9 Å². The molecule has 6 rings (SSSR count). The highest BCUT2D eigenvalue weighted by Gasteiger charge is 2.33. The third kappa shape index (κ3) is 6.13. The van der Waals surface area contributed by atoms with Gasteiger partial charge in [0.1, 0.15) is 29.1 Å². The molecule has 2 fully saturated rings. The van der Waals surface area contributed by atoms with Crippen LogP contribution in [0.1, 0.15) is 67.8 Å². The van der Waals surface area contributed by atoms with Crippen LogP contribution < -0.4 is 10.6 Å². The SMILES string of the molecule is CS(=O)(=O)c1cc(C2CC2)ccc1Nc1cc(Nc2cccc(C(F)(F)F)n2)nc2c1nc(C(F)F)n2C1CCCCO1. The lowest BCUT2D eigenvalue weighted by Crippen LogP contribution is -2.20. The maximum Gasteiger partial charge on any atom is 0.433 e. The van der Waals surface area contributed by atoms with Crippen molar-refractivity contribution in [1.29, 1.82) is 0 Å². The van der Waals surface area contributed by atoms with Crippen LogP contribution in [-0.4, -0.2) is 40.8 Å². The summed E-state index contributed by atoms with van der Waals surface area (Å²) in [5, 5.41) is 5.76. The molecule has 1 aliphatic heterocycles. The Hall–Kier alpha value is -3.85. The predicted octanol–water partition coefficient (Wildman–Crippen LogP) is 7.25. The number of sulfone groups is 1. The molecule has 0 bridgehead atoms. The molecule has 1 aromatic carbocycles. The first-order valence-corrected chi connectivity index (χ1v) is 15.5. The third-order valence-corrected chi connectivity index (χ3v) is 8.47. The first-order valence-electron chi connectivity index (χ1n) is 13.6. The number of fused-ring (bicyclic) bond motifs is 1. The summed E-state index contributed by atoms with van der Waals surface area (Å²) in [5.74, 6) is -0.542. The molecule has 1 unspecified atom stereocenters. The normalized spacial score (nSPS) is 17.9. The summed E-state index contributed by atoms with van der Waals surface area (Å²) in [7, 11) is -3.72. The predicted molar refractivity (Wildman–Crippen MR) is 149 cm³/mol. The summed E-state index contributed by atoms with van der Waals surface area (Å²) < 4.78 is 101. The van der Waals surface area contributed by atoms with Crippen LogP contribution >= 0.6 is 0 Å². The average molecular weight is 623 g/mol.